The number of benzene rings is 1. The first-order chi connectivity index (χ1) is 11.0. The van der Waals surface area contributed by atoms with Crippen LogP contribution in [0.2, 0.25) is 0 Å². The monoisotopic (exact) mass is 375 g/mol. The Labute approximate surface area is 147 Å². The summed E-state index contributed by atoms with van der Waals surface area (Å²) in [6.07, 6.45) is -0.921. The molecule has 136 valence electrons. The van der Waals surface area contributed by atoms with E-state index in [2.05, 4.69) is 4.72 Å². The number of hydrogen-bond acceptors (Lipinski definition) is 6. The normalized spacial score (nSPS) is 15.1. The smallest absolute Gasteiger partial charge is 0.241 e. The van der Waals surface area contributed by atoms with Gasteiger partial charge in [0.15, 0.2) is 0 Å². The van der Waals surface area contributed by atoms with Gasteiger partial charge in [-0.25, -0.2) is 8.42 Å². The molecule has 1 rings (SSSR count). The summed E-state index contributed by atoms with van der Waals surface area (Å²) in [5, 5.41) is 18.4. The third kappa shape index (κ3) is 5.86. The fraction of sp³-hybridized carbons (Fsp3) is 0.562. The highest BCUT2D eigenvalue weighted by Crippen LogP contribution is 2.30. The van der Waals surface area contributed by atoms with E-state index in [1.54, 1.807) is 26.0 Å². The highest BCUT2D eigenvalue weighted by Gasteiger charge is 2.37. The molecule has 0 saturated heterocycles. The van der Waals surface area contributed by atoms with E-state index in [0.717, 1.165) is 5.56 Å². The zero-order chi connectivity index (χ0) is 18.5. The van der Waals surface area contributed by atoms with Gasteiger partial charge < -0.3 is 10.2 Å². The Morgan fingerprint density at radius 2 is 1.83 bits per heavy atom. The lowest BCUT2D eigenvalue weighted by molar-refractivity contribution is -0.119. The molecule has 24 heavy (non-hydrogen) atoms. The van der Waals surface area contributed by atoms with E-state index in [0.29, 0.717) is 0 Å². The number of rotatable bonds is 9. The first kappa shape index (κ1) is 21.1. The zero-order valence-corrected chi connectivity index (χ0v) is 15.9. The largest absolute Gasteiger partial charge is 0.394 e. The number of sulfonamides is 1. The topological polar surface area (TPSA) is 104 Å². The first-order valence-corrected chi connectivity index (χ1v) is 9.99. The lowest BCUT2D eigenvalue weighted by Crippen LogP contribution is -2.52. The van der Waals surface area contributed by atoms with Gasteiger partial charge in [-0.2, -0.15) is 16.5 Å². The molecule has 3 N–H and O–H groups in total. The van der Waals surface area contributed by atoms with Gasteiger partial charge in [0, 0.05) is 10.5 Å². The molecule has 0 aromatic heterocycles. The minimum Gasteiger partial charge on any atom is -0.394 e. The predicted octanol–water partition coefficient (Wildman–Crippen LogP) is 1.10. The van der Waals surface area contributed by atoms with Gasteiger partial charge in [0.25, 0.3) is 0 Å². The third-order valence-electron chi connectivity index (χ3n) is 3.56. The van der Waals surface area contributed by atoms with Crippen molar-refractivity contribution in [3.63, 3.8) is 0 Å². The second-order valence-electron chi connectivity index (χ2n) is 6.23. The average Bonchev–Trinajstić information content (AvgIpc) is 2.50. The molecule has 1 aromatic rings. The maximum Gasteiger partial charge on any atom is 0.241 e. The molecule has 0 heterocycles. The summed E-state index contributed by atoms with van der Waals surface area (Å²) in [5.41, 5.74) is 0.936. The van der Waals surface area contributed by atoms with Gasteiger partial charge in [-0.3, -0.25) is 4.79 Å². The fourth-order valence-electron chi connectivity index (χ4n) is 2.10. The molecule has 0 bridgehead atoms. The van der Waals surface area contributed by atoms with Gasteiger partial charge in [0.2, 0.25) is 10.0 Å². The number of Topliss-reactive ketones (excluding diaryl/α,β-unsaturated/α-hetero) is 1. The van der Waals surface area contributed by atoms with Gasteiger partial charge in [-0.1, -0.05) is 17.7 Å². The van der Waals surface area contributed by atoms with Crippen LogP contribution in [-0.4, -0.2) is 53.7 Å². The molecule has 2 atom stereocenters. The number of aryl methyl sites for hydroxylation is 1. The highest BCUT2D eigenvalue weighted by atomic mass is 32.2. The number of nitrogens with one attached hydrogen (secondary N) is 1. The van der Waals surface area contributed by atoms with Crippen molar-refractivity contribution in [1.29, 1.82) is 0 Å². The highest BCUT2D eigenvalue weighted by molar-refractivity contribution is 8.00. The molecule has 0 radical (unpaired) electrons. The maximum absolute atomic E-state index is 12.5. The van der Waals surface area contributed by atoms with E-state index in [-0.39, 0.29) is 23.0 Å². The van der Waals surface area contributed by atoms with E-state index in [4.69, 9.17) is 5.11 Å². The minimum atomic E-state index is -3.84. The van der Waals surface area contributed by atoms with Crippen molar-refractivity contribution in [2.45, 2.75) is 49.5 Å². The Kier molecular flexibility index (Phi) is 7.43. The molecular weight excluding hydrogens is 350 g/mol. The summed E-state index contributed by atoms with van der Waals surface area (Å²) in [6.45, 7) is 6.25. The lowest BCUT2D eigenvalue weighted by atomic mass is 10.0. The standard InChI is InChI=1S/C16H25NO5S2/c1-11-5-7-14(8-6-11)24(21,22)17-15(12(2)19)16(3,4)23-10-13(20)9-18/h5-8,13,15,17-18,20H,9-10H2,1-4H3/t13?,15-/m0/s1. The summed E-state index contributed by atoms with van der Waals surface area (Å²) in [7, 11) is -3.84. The van der Waals surface area contributed by atoms with Crippen LogP contribution < -0.4 is 4.72 Å². The molecule has 1 unspecified atom stereocenters. The van der Waals surface area contributed by atoms with Crippen LogP contribution in [0.25, 0.3) is 0 Å². The van der Waals surface area contributed by atoms with Gasteiger partial charge in [-0.05, 0) is 39.8 Å². The van der Waals surface area contributed by atoms with Crippen molar-refractivity contribution >= 4 is 27.6 Å². The molecule has 0 spiro atoms. The van der Waals surface area contributed by atoms with Crippen molar-refractivity contribution in [1.82, 2.24) is 4.72 Å². The van der Waals surface area contributed by atoms with Crippen LogP contribution in [0.15, 0.2) is 29.2 Å². The minimum absolute atomic E-state index is 0.0931. The lowest BCUT2D eigenvalue weighted by Gasteiger charge is -2.33. The van der Waals surface area contributed by atoms with Crippen molar-refractivity contribution < 1.29 is 23.4 Å². The number of aliphatic hydroxyl groups is 2. The number of carbonyl (C=O) groups is 1. The molecule has 0 saturated carbocycles. The molecule has 0 fully saturated rings. The van der Waals surface area contributed by atoms with E-state index in [1.807, 2.05) is 6.92 Å². The van der Waals surface area contributed by atoms with Gasteiger partial charge in [0.05, 0.1) is 23.6 Å². The predicted molar refractivity (Wildman–Crippen MR) is 95.6 cm³/mol. The molecule has 0 amide bonds. The molecule has 0 aliphatic rings. The average molecular weight is 376 g/mol. The van der Waals surface area contributed by atoms with Gasteiger partial charge >= 0.3 is 0 Å². The number of aliphatic hydroxyl groups excluding tert-OH is 2. The quantitative estimate of drug-likeness (QED) is 0.597. The SMILES string of the molecule is CC(=O)[C@H](NS(=O)(=O)c1ccc(C)cc1)C(C)(C)SCC(O)CO. The maximum atomic E-state index is 12.5. The van der Waals surface area contributed by atoms with E-state index in [1.165, 1.54) is 30.8 Å². The van der Waals surface area contributed by atoms with Crippen LogP contribution in [0.3, 0.4) is 0 Å². The van der Waals surface area contributed by atoms with E-state index >= 15 is 0 Å². The Morgan fingerprint density at radius 3 is 2.29 bits per heavy atom. The molecule has 0 aliphatic carbocycles. The van der Waals surface area contributed by atoms with Crippen LogP contribution >= 0.6 is 11.8 Å². The van der Waals surface area contributed by atoms with E-state index in [9.17, 15) is 18.3 Å². The molecule has 8 heteroatoms. The van der Waals surface area contributed by atoms with Crippen molar-refractivity contribution in [2.75, 3.05) is 12.4 Å². The molecular formula is C16H25NO5S2. The van der Waals surface area contributed by atoms with Gasteiger partial charge in [-0.15, -0.1) is 0 Å². The van der Waals surface area contributed by atoms with Crippen LogP contribution in [0.4, 0.5) is 0 Å². The number of hydrogen-bond donors (Lipinski definition) is 3. The molecule has 0 aliphatic heterocycles. The Balaban J connectivity index is 2.99. The van der Waals surface area contributed by atoms with Crippen LogP contribution in [0.1, 0.15) is 26.3 Å². The second-order valence-corrected chi connectivity index (χ2v) is 9.62. The fourth-order valence-corrected chi connectivity index (χ4v) is 4.70. The Bertz CT molecular complexity index is 656. The molecule has 6 nitrogen and oxygen atoms in total. The number of ketones is 1. The van der Waals surface area contributed by atoms with Crippen molar-refractivity contribution in [3.8, 4) is 0 Å². The van der Waals surface area contributed by atoms with Crippen molar-refractivity contribution in [2.24, 2.45) is 0 Å². The Hall–Kier alpha value is -0.930. The number of carbonyl (C=O) groups excluding carboxylic acids is 1. The summed E-state index contributed by atoms with van der Waals surface area (Å²) in [6, 6.07) is 5.40. The van der Waals surface area contributed by atoms with Crippen molar-refractivity contribution in [3.05, 3.63) is 29.8 Å². The van der Waals surface area contributed by atoms with E-state index < -0.39 is 26.9 Å². The molecule has 1 aromatic carbocycles. The van der Waals surface area contributed by atoms with Crippen LogP contribution in [-0.2, 0) is 14.8 Å². The summed E-state index contributed by atoms with van der Waals surface area (Å²) < 4.78 is 26.8. The van der Waals surface area contributed by atoms with Crippen LogP contribution in [0.5, 0.6) is 0 Å². The number of thioether (sulfide) groups is 1. The second kappa shape index (κ2) is 8.44. The van der Waals surface area contributed by atoms with Crippen LogP contribution in [0, 0.1) is 6.92 Å². The zero-order valence-electron chi connectivity index (χ0n) is 14.3. The summed E-state index contributed by atoms with van der Waals surface area (Å²) in [5.74, 6) is -0.124. The first-order valence-electron chi connectivity index (χ1n) is 7.52. The summed E-state index contributed by atoms with van der Waals surface area (Å²) >= 11 is 1.23. The summed E-state index contributed by atoms with van der Waals surface area (Å²) in [4.78, 5) is 12.1. The Morgan fingerprint density at radius 1 is 1.29 bits per heavy atom. The third-order valence-corrected chi connectivity index (χ3v) is 6.53. The van der Waals surface area contributed by atoms with Gasteiger partial charge in [0.1, 0.15) is 5.78 Å².